The SMILES string of the molecule is O=C(c1cccc2ccccc12)N1Cc2ccccc2C2(CCN(CC/C3=C/C=C\COCOC3)CC2)C1. The molecular formula is C33H36N2O3. The lowest BCUT2D eigenvalue weighted by atomic mass is 9.68. The monoisotopic (exact) mass is 508 g/mol. The van der Waals surface area contributed by atoms with Gasteiger partial charge in [0.2, 0.25) is 0 Å². The van der Waals surface area contributed by atoms with Gasteiger partial charge in [-0.25, -0.2) is 0 Å². The zero-order valence-corrected chi connectivity index (χ0v) is 22.0. The molecule has 0 saturated carbocycles. The maximum absolute atomic E-state index is 14.0. The van der Waals surface area contributed by atoms with Crippen LogP contribution in [0.5, 0.6) is 0 Å². The minimum atomic E-state index is 0.00615. The molecule has 3 aliphatic rings. The summed E-state index contributed by atoms with van der Waals surface area (Å²) >= 11 is 0. The van der Waals surface area contributed by atoms with Crippen molar-refractivity contribution in [1.29, 1.82) is 0 Å². The Kier molecular flexibility index (Phi) is 7.41. The van der Waals surface area contributed by atoms with Crippen LogP contribution in [-0.4, -0.2) is 61.9 Å². The summed E-state index contributed by atoms with van der Waals surface area (Å²) in [7, 11) is 0. The first-order valence-electron chi connectivity index (χ1n) is 13.8. The van der Waals surface area contributed by atoms with E-state index in [0.29, 0.717) is 26.6 Å². The summed E-state index contributed by atoms with van der Waals surface area (Å²) in [5.41, 5.74) is 4.86. The smallest absolute Gasteiger partial charge is 0.254 e. The fourth-order valence-corrected chi connectivity index (χ4v) is 6.36. The Hall–Kier alpha value is -3.25. The number of hydrogen-bond acceptors (Lipinski definition) is 4. The molecular weight excluding hydrogens is 472 g/mol. The minimum Gasteiger partial charge on any atom is -0.351 e. The molecule has 38 heavy (non-hydrogen) atoms. The van der Waals surface area contributed by atoms with Gasteiger partial charge in [0, 0.05) is 30.6 Å². The van der Waals surface area contributed by atoms with Gasteiger partial charge in [-0.05, 0) is 65.9 Å². The van der Waals surface area contributed by atoms with Gasteiger partial charge in [0.25, 0.3) is 5.91 Å². The number of ether oxygens (including phenoxy) is 2. The second-order valence-electron chi connectivity index (χ2n) is 10.8. The summed E-state index contributed by atoms with van der Waals surface area (Å²) in [4.78, 5) is 18.6. The van der Waals surface area contributed by atoms with Crippen LogP contribution in [-0.2, 0) is 21.4 Å². The van der Waals surface area contributed by atoms with Crippen molar-refractivity contribution in [1.82, 2.24) is 9.80 Å². The van der Waals surface area contributed by atoms with E-state index in [4.69, 9.17) is 9.47 Å². The van der Waals surface area contributed by atoms with E-state index in [-0.39, 0.29) is 11.3 Å². The average Bonchev–Trinajstić information content (AvgIpc) is 3.10. The Balaban J connectivity index is 1.18. The molecule has 0 bridgehead atoms. The van der Waals surface area contributed by atoms with E-state index in [1.54, 1.807) is 0 Å². The zero-order valence-electron chi connectivity index (χ0n) is 22.0. The van der Waals surface area contributed by atoms with Crippen LogP contribution in [0.2, 0.25) is 0 Å². The third-order valence-corrected chi connectivity index (χ3v) is 8.45. The Morgan fingerprint density at radius 2 is 1.74 bits per heavy atom. The molecule has 6 rings (SSSR count). The molecule has 0 aromatic heterocycles. The molecule has 0 N–H and O–H groups in total. The molecule has 0 atom stereocenters. The number of carbonyl (C=O) groups is 1. The number of likely N-dealkylation sites (tertiary alicyclic amines) is 1. The third-order valence-electron chi connectivity index (χ3n) is 8.45. The first-order valence-corrected chi connectivity index (χ1v) is 13.8. The molecule has 3 aliphatic heterocycles. The van der Waals surface area contributed by atoms with Crippen molar-refractivity contribution in [3.05, 3.63) is 107 Å². The van der Waals surface area contributed by atoms with Gasteiger partial charge >= 0.3 is 0 Å². The standard InChI is InChI=1S/C33H36N2O3/c36-32(30-13-7-11-27-9-1-3-12-29(27)30)35-22-28-10-2-4-14-31(28)33(24-35)16-19-34(20-17-33)18-15-26-8-5-6-21-37-25-38-23-26/h1-14H,15-25H2/b6-5-,26-8-. The Morgan fingerprint density at radius 1 is 0.921 bits per heavy atom. The lowest BCUT2D eigenvalue weighted by Gasteiger charge is -2.49. The number of hydrogen-bond donors (Lipinski definition) is 0. The molecule has 0 unspecified atom stereocenters. The number of piperidine rings is 1. The molecule has 0 aliphatic carbocycles. The highest BCUT2D eigenvalue weighted by atomic mass is 16.7. The topological polar surface area (TPSA) is 42.0 Å². The number of benzene rings is 3. The van der Waals surface area contributed by atoms with Crippen molar-refractivity contribution < 1.29 is 14.3 Å². The van der Waals surface area contributed by atoms with Crippen LogP contribution >= 0.6 is 0 Å². The molecule has 1 saturated heterocycles. The molecule has 3 aromatic carbocycles. The van der Waals surface area contributed by atoms with Gasteiger partial charge in [-0.15, -0.1) is 0 Å². The van der Waals surface area contributed by atoms with Gasteiger partial charge in [-0.1, -0.05) is 78.9 Å². The van der Waals surface area contributed by atoms with Gasteiger partial charge in [0.15, 0.2) is 0 Å². The van der Waals surface area contributed by atoms with Crippen LogP contribution < -0.4 is 0 Å². The summed E-state index contributed by atoms with van der Waals surface area (Å²) in [6.45, 7) is 6.13. The van der Waals surface area contributed by atoms with E-state index < -0.39 is 0 Å². The molecule has 1 fully saturated rings. The number of amides is 1. The largest absolute Gasteiger partial charge is 0.351 e. The van der Waals surface area contributed by atoms with Crippen LogP contribution in [0, 0.1) is 0 Å². The van der Waals surface area contributed by atoms with Gasteiger partial charge in [0.1, 0.15) is 6.79 Å². The van der Waals surface area contributed by atoms with E-state index in [1.165, 1.54) is 16.7 Å². The number of fused-ring (bicyclic) bond motifs is 3. The molecule has 0 radical (unpaired) electrons. The van der Waals surface area contributed by atoms with Gasteiger partial charge < -0.3 is 19.3 Å². The summed E-state index contributed by atoms with van der Waals surface area (Å²) in [5, 5.41) is 2.15. The van der Waals surface area contributed by atoms with Gasteiger partial charge in [0.05, 0.1) is 13.2 Å². The van der Waals surface area contributed by atoms with E-state index in [2.05, 4.69) is 64.4 Å². The van der Waals surface area contributed by atoms with Crippen LogP contribution in [0.1, 0.15) is 40.7 Å². The zero-order chi connectivity index (χ0) is 25.8. The first kappa shape index (κ1) is 25.1. The maximum Gasteiger partial charge on any atom is 0.254 e. The van der Waals surface area contributed by atoms with E-state index in [0.717, 1.165) is 61.8 Å². The van der Waals surface area contributed by atoms with E-state index in [9.17, 15) is 4.79 Å². The van der Waals surface area contributed by atoms with E-state index >= 15 is 0 Å². The predicted molar refractivity (Wildman–Crippen MR) is 151 cm³/mol. The van der Waals surface area contributed by atoms with Crippen molar-refractivity contribution in [3.63, 3.8) is 0 Å². The van der Waals surface area contributed by atoms with Gasteiger partial charge in [-0.3, -0.25) is 4.79 Å². The predicted octanol–water partition coefficient (Wildman–Crippen LogP) is 5.71. The van der Waals surface area contributed by atoms with Crippen molar-refractivity contribution in [2.45, 2.75) is 31.2 Å². The summed E-state index contributed by atoms with van der Waals surface area (Å²) in [6.07, 6.45) is 9.41. The number of carbonyl (C=O) groups excluding carboxylic acids is 1. The van der Waals surface area contributed by atoms with Crippen LogP contribution in [0.4, 0.5) is 0 Å². The Morgan fingerprint density at radius 3 is 2.66 bits per heavy atom. The third kappa shape index (κ3) is 5.19. The van der Waals surface area contributed by atoms with Crippen LogP contribution in [0.3, 0.4) is 0 Å². The molecule has 3 heterocycles. The summed E-state index contributed by atoms with van der Waals surface area (Å²) in [6, 6.07) is 23.1. The molecule has 1 spiro atoms. The second kappa shape index (κ2) is 11.2. The Labute approximate surface area is 225 Å². The van der Waals surface area contributed by atoms with Crippen LogP contribution in [0.25, 0.3) is 10.8 Å². The number of allylic oxidation sites excluding steroid dienone is 2. The van der Waals surface area contributed by atoms with E-state index in [1.807, 2.05) is 30.3 Å². The van der Waals surface area contributed by atoms with Crippen molar-refractivity contribution >= 4 is 16.7 Å². The highest BCUT2D eigenvalue weighted by molar-refractivity contribution is 6.07. The van der Waals surface area contributed by atoms with Crippen LogP contribution in [0.15, 0.2) is 90.5 Å². The summed E-state index contributed by atoms with van der Waals surface area (Å²) < 4.78 is 11.0. The highest BCUT2D eigenvalue weighted by Crippen LogP contribution is 2.42. The van der Waals surface area contributed by atoms with Crippen molar-refractivity contribution in [3.8, 4) is 0 Å². The second-order valence-corrected chi connectivity index (χ2v) is 10.8. The lowest BCUT2D eigenvalue weighted by molar-refractivity contribution is -0.0356. The minimum absolute atomic E-state index is 0.00615. The quantitative estimate of drug-likeness (QED) is 0.453. The molecule has 5 nitrogen and oxygen atoms in total. The fraction of sp³-hybridized carbons (Fsp3) is 0.364. The van der Waals surface area contributed by atoms with Gasteiger partial charge in [-0.2, -0.15) is 0 Å². The average molecular weight is 509 g/mol. The van der Waals surface area contributed by atoms with Crippen molar-refractivity contribution in [2.24, 2.45) is 0 Å². The molecule has 5 heteroatoms. The highest BCUT2D eigenvalue weighted by Gasteiger charge is 2.43. The van der Waals surface area contributed by atoms with Crippen molar-refractivity contribution in [2.75, 3.05) is 46.2 Å². The Bertz CT molecular complexity index is 1350. The fourth-order valence-electron chi connectivity index (χ4n) is 6.36. The molecule has 196 valence electrons. The normalized spacial score (nSPS) is 22.1. The molecule has 3 aromatic rings. The number of rotatable bonds is 4. The lowest BCUT2D eigenvalue weighted by Crippen LogP contribution is -2.53. The number of nitrogens with zero attached hydrogens (tertiary/aromatic N) is 2. The first-order chi connectivity index (χ1) is 18.7. The maximum atomic E-state index is 14.0. The summed E-state index contributed by atoms with van der Waals surface area (Å²) in [5.74, 6) is 0.141. The molecule has 1 amide bonds.